The van der Waals surface area contributed by atoms with Gasteiger partial charge in [-0.3, -0.25) is 0 Å². The third-order valence-corrected chi connectivity index (χ3v) is 4.96. The van der Waals surface area contributed by atoms with Crippen LogP contribution < -0.4 is 10.6 Å². The molecular weight excluding hydrogens is 284 g/mol. The molecule has 114 valence electrons. The van der Waals surface area contributed by atoms with Gasteiger partial charge >= 0.3 is 0 Å². The van der Waals surface area contributed by atoms with Gasteiger partial charge in [0.25, 0.3) is 0 Å². The van der Waals surface area contributed by atoms with Crippen LogP contribution in [0.4, 0.5) is 11.8 Å². The first-order valence-electron chi connectivity index (χ1n) is 7.51. The molecule has 2 unspecified atom stereocenters. The zero-order valence-corrected chi connectivity index (χ0v) is 13.6. The Hall–Kier alpha value is -1.40. The maximum absolute atomic E-state index is 5.71. The lowest BCUT2D eigenvalue weighted by atomic mass is 9.94. The van der Waals surface area contributed by atoms with E-state index in [0.717, 1.165) is 42.0 Å². The molecule has 0 spiro atoms. The molecule has 0 amide bonds. The van der Waals surface area contributed by atoms with E-state index in [4.69, 9.17) is 4.74 Å². The Labute approximate surface area is 129 Å². The highest BCUT2D eigenvalue weighted by Gasteiger charge is 2.37. The van der Waals surface area contributed by atoms with Crippen molar-refractivity contribution in [2.45, 2.75) is 45.3 Å². The molecule has 5 nitrogen and oxygen atoms in total. The summed E-state index contributed by atoms with van der Waals surface area (Å²) < 4.78 is 5.71. The highest BCUT2D eigenvalue weighted by Crippen LogP contribution is 2.33. The minimum atomic E-state index is -0.0781. The topological polar surface area (TPSA) is 59.1 Å². The number of fused-ring (bicyclic) bond motifs is 1. The number of nitrogens with one attached hydrogen (secondary N) is 2. The molecule has 0 aliphatic carbocycles. The van der Waals surface area contributed by atoms with Gasteiger partial charge in [0.15, 0.2) is 0 Å². The second kappa shape index (κ2) is 5.77. The Morgan fingerprint density at radius 2 is 2.33 bits per heavy atom. The first-order valence-corrected chi connectivity index (χ1v) is 8.39. The molecule has 1 saturated heterocycles. The van der Waals surface area contributed by atoms with E-state index >= 15 is 0 Å². The van der Waals surface area contributed by atoms with Crippen LogP contribution >= 0.6 is 11.3 Å². The van der Waals surface area contributed by atoms with Crippen LogP contribution in [0.1, 0.15) is 33.6 Å². The van der Waals surface area contributed by atoms with Crippen molar-refractivity contribution in [1.82, 2.24) is 9.97 Å². The summed E-state index contributed by atoms with van der Waals surface area (Å²) in [6.07, 6.45) is 2.21. The van der Waals surface area contributed by atoms with Gasteiger partial charge < -0.3 is 15.4 Å². The van der Waals surface area contributed by atoms with Crippen molar-refractivity contribution in [3.05, 3.63) is 11.4 Å². The molecule has 3 rings (SSSR count). The van der Waals surface area contributed by atoms with E-state index in [0.29, 0.717) is 5.95 Å². The van der Waals surface area contributed by atoms with E-state index in [1.54, 1.807) is 11.3 Å². The fraction of sp³-hybridized carbons (Fsp3) is 0.600. The quantitative estimate of drug-likeness (QED) is 0.885. The number of hydrogen-bond donors (Lipinski definition) is 2. The predicted octanol–water partition coefficient (Wildman–Crippen LogP) is 3.49. The van der Waals surface area contributed by atoms with Crippen LogP contribution in [0.15, 0.2) is 11.4 Å². The van der Waals surface area contributed by atoms with E-state index in [1.165, 1.54) is 0 Å². The van der Waals surface area contributed by atoms with E-state index in [2.05, 4.69) is 52.8 Å². The molecule has 0 saturated carbocycles. The Morgan fingerprint density at radius 3 is 3.05 bits per heavy atom. The normalized spacial score (nSPS) is 25.4. The fourth-order valence-corrected chi connectivity index (χ4v) is 3.30. The molecule has 1 fully saturated rings. The van der Waals surface area contributed by atoms with Gasteiger partial charge in [0.1, 0.15) is 10.6 Å². The zero-order valence-electron chi connectivity index (χ0n) is 12.8. The summed E-state index contributed by atoms with van der Waals surface area (Å²) in [5, 5.41) is 10.0. The maximum Gasteiger partial charge on any atom is 0.226 e. The lowest BCUT2D eigenvalue weighted by Crippen LogP contribution is -2.41. The number of hydrogen-bond acceptors (Lipinski definition) is 6. The molecule has 1 aliphatic heterocycles. The van der Waals surface area contributed by atoms with Crippen LogP contribution in [-0.2, 0) is 4.74 Å². The maximum atomic E-state index is 5.71. The number of nitrogens with zero attached hydrogens (tertiary/aromatic N) is 2. The van der Waals surface area contributed by atoms with Gasteiger partial charge in [-0.2, -0.15) is 4.98 Å². The third-order valence-electron chi connectivity index (χ3n) is 4.15. The summed E-state index contributed by atoms with van der Waals surface area (Å²) in [5.41, 5.74) is -0.0781. The van der Waals surface area contributed by atoms with Crippen molar-refractivity contribution in [2.24, 2.45) is 0 Å². The van der Waals surface area contributed by atoms with E-state index in [1.807, 2.05) is 0 Å². The third kappa shape index (κ3) is 2.82. The van der Waals surface area contributed by atoms with Crippen molar-refractivity contribution in [2.75, 3.05) is 23.8 Å². The molecule has 0 radical (unpaired) electrons. The average Bonchev–Trinajstić information content (AvgIpc) is 3.04. The molecule has 0 bridgehead atoms. The van der Waals surface area contributed by atoms with Crippen molar-refractivity contribution >= 4 is 33.3 Å². The summed E-state index contributed by atoms with van der Waals surface area (Å²) >= 11 is 1.64. The molecule has 0 aromatic carbocycles. The van der Waals surface area contributed by atoms with Crippen molar-refractivity contribution in [1.29, 1.82) is 0 Å². The van der Waals surface area contributed by atoms with Crippen molar-refractivity contribution < 1.29 is 4.74 Å². The summed E-state index contributed by atoms with van der Waals surface area (Å²) in [5.74, 6) is 1.60. The second-order valence-electron chi connectivity index (χ2n) is 5.77. The van der Waals surface area contributed by atoms with Gasteiger partial charge in [-0.05, 0) is 38.1 Å². The predicted molar refractivity (Wildman–Crippen MR) is 88.3 cm³/mol. The summed E-state index contributed by atoms with van der Waals surface area (Å²) in [6, 6.07) is 2.08. The minimum Gasteiger partial charge on any atom is -0.376 e. The SMILES string of the molecule is CCCNc1nc(NC2(C)CCOC2C)c2ccsc2n1. The molecule has 2 atom stereocenters. The fourth-order valence-electron chi connectivity index (χ4n) is 2.54. The highest BCUT2D eigenvalue weighted by atomic mass is 32.1. The molecule has 3 heterocycles. The lowest BCUT2D eigenvalue weighted by molar-refractivity contribution is 0.105. The molecule has 2 aromatic heterocycles. The number of aromatic nitrogens is 2. The Morgan fingerprint density at radius 1 is 1.48 bits per heavy atom. The van der Waals surface area contributed by atoms with Crippen LogP contribution in [0.25, 0.3) is 10.2 Å². The Balaban J connectivity index is 1.94. The molecule has 2 N–H and O–H groups in total. The average molecular weight is 306 g/mol. The summed E-state index contributed by atoms with van der Waals surface area (Å²) in [4.78, 5) is 10.3. The summed E-state index contributed by atoms with van der Waals surface area (Å²) in [6.45, 7) is 8.12. The van der Waals surface area contributed by atoms with Crippen LogP contribution in [-0.4, -0.2) is 34.8 Å². The van der Waals surface area contributed by atoms with Gasteiger partial charge in [-0.15, -0.1) is 11.3 Å². The number of anilines is 2. The molecule has 2 aromatic rings. The summed E-state index contributed by atoms with van der Waals surface area (Å²) in [7, 11) is 0. The van der Waals surface area contributed by atoms with Crippen molar-refractivity contribution in [3.8, 4) is 0 Å². The first kappa shape index (κ1) is 14.5. The van der Waals surface area contributed by atoms with Crippen molar-refractivity contribution in [3.63, 3.8) is 0 Å². The monoisotopic (exact) mass is 306 g/mol. The second-order valence-corrected chi connectivity index (χ2v) is 6.66. The minimum absolute atomic E-state index is 0.0781. The van der Waals surface area contributed by atoms with Gasteiger partial charge in [0.05, 0.1) is 17.0 Å². The Bertz CT molecular complexity index is 629. The number of rotatable bonds is 5. The zero-order chi connectivity index (χ0) is 14.9. The molecular formula is C15H22N4OS. The van der Waals surface area contributed by atoms with Crippen LogP contribution in [0.5, 0.6) is 0 Å². The van der Waals surface area contributed by atoms with E-state index in [9.17, 15) is 0 Å². The van der Waals surface area contributed by atoms with Gasteiger partial charge in [0, 0.05) is 13.2 Å². The van der Waals surface area contributed by atoms with E-state index in [-0.39, 0.29) is 11.6 Å². The lowest BCUT2D eigenvalue weighted by Gasteiger charge is -2.29. The van der Waals surface area contributed by atoms with Crippen LogP contribution in [0, 0.1) is 0 Å². The number of ether oxygens (including phenoxy) is 1. The largest absolute Gasteiger partial charge is 0.376 e. The van der Waals surface area contributed by atoms with Gasteiger partial charge in [-0.25, -0.2) is 4.98 Å². The smallest absolute Gasteiger partial charge is 0.226 e. The van der Waals surface area contributed by atoms with Crippen LogP contribution in [0.2, 0.25) is 0 Å². The number of thiophene rings is 1. The van der Waals surface area contributed by atoms with E-state index < -0.39 is 0 Å². The molecule has 1 aliphatic rings. The van der Waals surface area contributed by atoms with Gasteiger partial charge in [-0.1, -0.05) is 6.92 Å². The standard InChI is InChI=1S/C15H22N4OS/c1-4-7-16-14-17-12(11-5-9-21-13(11)18-14)19-15(3)6-8-20-10(15)2/h5,9-10H,4,6-8H2,1-3H3,(H2,16,17,18,19). The van der Waals surface area contributed by atoms with Gasteiger partial charge in [0.2, 0.25) is 5.95 Å². The van der Waals surface area contributed by atoms with Crippen LogP contribution in [0.3, 0.4) is 0 Å². The Kier molecular flexibility index (Phi) is 3.99. The molecule has 6 heteroatoms. The highest BCUT2D eigenvalue weighted by molar-refractivity contribution is 7.16. The molecule has 21 heavy (non-hydrogen) atoms. The first-order chi connectivity index (χ1) is 10.1.